The molecule has 0 aliphatic carbocycles. The molecule has 0 aliphatic rings. The van der Waals surface area contributed by atoms with Crippen LogP contribution < -0.4 is 5.73 Å². The van der Waals surface area contributed by atoms with Crippen LogP contribution in [-0.4, -0.2) is 41.4 Å². The summed E-state index contributed by atoms with van der Waals surface area (Å²) in [5.74, 6) is -0.509. The first-order valence-electron chi connectivity index (χ1n) is 3.28. The average molecular weight is 196 g/mol. The van der Waals surface area contributed by atoms with Gasteiger partial charge in [0.15, 0.2) is 5.96 Å². The van der Waals surface area contributed by atoms with Crippen molar-refractivity contribution in [3.05, 3.63) is 0 Å². The van der Waals surface area contributed by atoms with Gasteiger partial charge in [0.25, 0.3) is 0 Å². The monoisotopic (exact) mass is 195 g/mol. The number of likely N-dealkylation sites (N-methyl/N-ethyl adjacent to an activating group) is 1. The van der Waals surface area contributed by atoms with Crippen LogP contribution in [0.4, 0.5) is 0 Å². The Morgan fingerprint density at radius 2 is 2.08 bits per heavy atom. The van der Waals surface area contributed by atoms with Gasteiger partial charge in [-0.2, -0.15) is 0 Å². The lowest BCUT2D eigenvalue weighted by molar-refractivity contribution is -0.137. The van der Waals surface area contributed by atoms with Gasteiger partial charge in [0.2, 0.25) is 0 Å². The van der Waals surface area contributed by atoms with Crippen molar-refractivity contribution in [1.29, 1.82) is 5.41 Å². The fourth-order valence-corrected chi connectivity index (χ4v) is 0.288. The van der Waals surface area contributed by atoms with Crippen LogP contribution in [0.2, 0.25) is 0 Å². The number of carbonyl (C=O) groups is 1. The first-order valence-corrected chi connectivity index (χ1v) is 3.82. The second kappa shape index (κ2) is 8.13. The number of guanidine groups is 1. The first-order chi connectivity index (χ1) is 5.45. The number of carboxylic acid groups (broad SMARTS) is 1. The molecule has 6 heteroatoms. The molecule has 0 spiro atoms. The summed E-state index contributed by atoms with van der Waals surface area (Å²) >= 11 is 5.00. The van der Waals surface area contributed by atoms with E-state index in [0.29, 0.717) is 0 Å². The lowest BCUT2D eigenvalue weighted by Gasteiger charge is -2.12. The van der Waals surface area contributed by atoms with E-state index in [1.54, 1.807) is 0 Å². The summed E-state index contributed by atoms with van der Waals surface area (Å²) in [4.78, 5) is 11.0. The highest BCUT2D eigenvalue weighted by atomic mass is 35.5. The van der Waals surface area contributed by atoms with Crippen molar-refractivity contribution < 1.29 is 9.90 Å². The highest BCUT2D eigenvalue weighted by molar-refractivity contribution is 6.17. The number of alkyl halides is 1. The van der Waals surface area contributed by atoms with Gasteiger partial charge in [0, 0.05) is 12.9 Å². The molecule has 0 heterocycles. The maximum atomic E-state index is 9.92. The van der Waals surface area contributed by atoms with E-state index in [1.165, 1.54) is 7.05 Å². The Morgan fingerprint density at radius 3 is 2.17 bits per heavy atom. The maximum absolute atomic E-state index is 9.92. The summed E-state index contributed by atoms with van der Waals surface area (Å²) in [5.41, 5.74) is 4.93. The number of hydrogen-bond acceptors (Lipinski definition) is 2. The lowest BCUT2D eigenvalue weighted by atomic mass is 10.6. The molecular weight excluding hydrogens is 182 g/mol. The van der Waals surface area contributed by atoms with Crippen molar-refractivity contribution in [3.8, 4) is 0 Å². The largest absolute Gasteiger partial charge is 0.480 e. The third kappa shape index (κ3) is 11.8. The molecular formula is C6H14ClN3O2. The van der Waals surface area contributed by atoms with Crippen LogP contribution in [0.25, 0.3) is 0 Å². The minimum absolute atomic E-state index is 0.227. The number of nitrogens with one attached hydrogen (secondary N) is 1. The third-order valence-corrected chi connectivity index (χ3v) is 0.784. The number of nitrogens with zero attached hydrogens (tertiary/aromatic N) is 1. The third-order valence-electron chi connectivity index (χ3n) is 0.784. The lowest BCUT2D eigenvalue weighted by Crippen LogP contribution is -2.36. The summed E-state index contributed by atoms with van der Waals surface area (Å²) in [6.07, 6.45) is 0. The zero-order valence-electron chi connectivity index (χ0n) is 7.17. The van der Waals surface area contributed by atoms with Crippen molar-refractivity contribution in [1.82, 2.24) is 4.90 Å². The molecule has 12 heavy (non-hydrogen) atoms. The number of aliphatic carboxylic acids is 1. The van der Waals surface area contributed by atoms with Crippen molar-refractivity contribution in [3.63, 3.8) is 0 Å². The van der Waals surface area contributed by atoms with Gasteiger partial charge in [0.05, 0.1) is 0 Å². The molecule has 0 aromatic rings. The van der Waals surface area contributed by atoms with Gasteiger partial charge in [-0.25, -0.2) is 0 Å². The quantitative estimate of drug-likeness (QED) is 0.332. The Kier molecular flexibility index (Phi) is 9.22. The van der Waals surface area contributed by atoms with Gasteiger partial charge >= 0.3 is 5.97 Å². The van der Waals surface area contributed by atoms with Gasteiger partial charge in [-0.1, -0.05) is 6.92 Å². The molecule has 4 N–H and O–H groups in total. The molecule has 0 bridgehead atoms. The van der Waals surface area contributed by atoms with Crippen molar-refractivity contribution in [2.24, 2.45) is 5.73 Å². The number of rotatable bonds is 2. The van der Waals surface area contributed by atoms with E-state index in [0.717, 1.165) is 10.8 Å². The Balaban J connectivity index is 0. The summed E-state index contributed by atoms with van der Waals surface area (Å²) < 4.78 is 0. The number of carboxylic acids is 1. The van der Waals surface area contributed by atoms with Crippen LogP contribution in [0.1, 0.15) is 6.92 Å². The molecule has 0 saturated heterocycles. The SMILES string of the molecule is CCCl.CN(CC(=O)O)C(=N)N. The Hall–Kier alpha value is -0.970. The molecule has 0 aromatic heterocycles. The van der Waals surface area contributed by atoms with Crippen molar-refractivity contribution >= 4 is 23.5 Å². The van der Waals surface area contributed by atoms with E-state index in [-0.39, 0.29) is 12.5 Å². The van der Waals surface area contributed by atoms with Crippen LogP contribution in [0.15, 0.2) is 0 Å². The van der Waals surface area contributed by atoms with Crippen LogP contribution in [0.3, 0.4) is 0 Å². The van der Waals surface area contributed by atoms with Gasteiger partial charge in [-0.3, -0.25) is 10.2 Å². The van der Waals surface area contributed by atoms with Crippen LogP contribution in [0, 0.1) is 5.41 Å². The molecule has 0 aliphatic heterocycles. The van der Waals surface area contributed by atoms with Crippen LogP contribution >= 0.6 is 11.6 Å². The maximum Gasteiger partial charge on any atom is 0.323 e. The minimum Gasteiger partial charge on any atom is -0.480 e. The first kappa shape index (κ1) is 13.6. The van der Waals surface area contributed by atoms with E-state index in [2.05, 4.69) is 0 Å². The molecule has 0 aromatic carbocycles. The number of halogens is 1. The zero-order valence-corrected chi connectivity index (χ0v) is 7.93. The highest BCUT2D eigenvalue weighted by Gasteiger charge is 2.03. The molecule has 72 valence electrons. The fourth-order valence-electron chi connectivity index (χ4n) is 0.288. The molecule has 0 atom stereocenters. The van der Waals surface area contributed by atoms with Gasteiger partial charge in [-0.05, 0) is 0 Å². The Labute approximate surface area is 76.6 Å². The fraction of sp³-hybridized carbons (Fsp3) is 0.667. The smallest absolute Gasteiger partial charge is 0.323 e. The molecule has 5 nitrogen and oxygen atoms in total. The number of hydrogen-bond donors (Lipinski definition) is 3. The molecule has 0 radical (unpaired) electrons. The second-order valence-electron chi connectivity index (χ2n) is 1.90. The minimum atomic E-state index is -0.993. The van der Waals surface area contributed by atoms with E-state index in [4.69, 9.17) is 27.9 Å². The molecule has 0 fully saturated rings. The van der Waals surface area contributed by atoms with Gasteiger partial charge in [0.1, 0.15) is 6.54 Å². The average Bonchev–Trinajstić information content (AvgIpc) is 1.87. The summed E-state index contributed by atoms with van der Waals surface area (Å²) in [6.45, 7) is 1.66. The standard InChI is InChI=1S/C4H9N3O2.C2H5Cl/c1-7(4(5)6)2-3(8)9;1-2-3/h2H2,1H3,(H3,5,6)(H,8,9);2H2,1H3. The molecule has 0 unspecified atom stereocenters. The van der Waals surface area contributed by atoms with E-state index < -0.39 is 5.97 Å². The second-order valence-corrected chi connectivity index (χ2v) is 2.44. The normalized spacial score (nSPS) is 7.92. The Morgan fingerprint density at radius 1 is 1.75 bits per heavy atom. The van der Waals surface area contributed by atoms with Gasteiger partial charge < -0.3 is 15.7 Å². The predicted octanol–water partition coefficient (Wildman–Crippen LogP) is 0.141. The summed E-state index contributed by atoms with van der Waals surface area (Å²) in [5, 5.41) is 14.9. The van der Waals surface area contributed by atoms with E-state index >= 15 is 0 Å². The van der Waals surface area contributed by atoms with Crippen LogP contribution in [0.5, 0.6) is 0 Å². The van der Waals surface area contributed by atoms with Crippen molar-refractivity contribution in [2.75, 3.05) is 19.5 Å². The molecule has 0 saturated carbocycles. The Bertz CT molecular complexity index is 152. The predicted molar refractivity (Wildman–Crippen MR) is 48.6 cm³/mol. The summed E-state index contributed by atoms with van der Waals surface area (Å²) in [6, 6.07) is 0. The number of nitrogens with two attached hydrogens (primary N) is 1. The van der Waals surface area contributed by atoms with E-state index in [1.807, 2.05) is 6.92 Å². The highest BCUT2D eigenvalue weighted by Crippen LogP contribution is 1.76. The molecule has 0 rings (SSSR count). The summed E-state index contributed by atoms with van der Waals surface area (Å²) in [7, 11) is 1.44. The van der Waals surface area contributed by atoms with Crippen LogP contribution in [-0.2, 0) is 4.79 Å². The zero-order chi connectivity index (χ0) is 10.1. The topological polar surface area (TPSA) is 90.4 Å². The molecule has 0 amide bonds. The van der Waals surface area contributed by atoms with Crippen molar-refractivity contribution in [2.45, 2.75) is 6.92 Å². The van der Waals surface area contributed by atoms with E-state index in [9.17, 15) is 4.79 Å². The van der Waals surface area contributed by atoms with Gasteiger partial charge in [-0.15, -0.1) is 11.6 Å².